The van der Waals surface area contributed by atoms with Crippen LogP contribution in [0.5, 0.6) is 0 Å². The molecule has 0 aromatic rings. The fourth-order valence-electron chi connectivity index (χ4n) is 0.284. The molecule has 0 fully saturated rings. The van der Waals surface area contributed by atoms with Gasteiger partial charge in [-0.05, 0) is 0 Å². The molecule has 5 N–H and O–H groups in total. The van der Waals surface area contributed by atoms with Gasteiger partial charge in [0.15, 0.2) is 0 Å². The zero-order valence-corrected chi connectivity index (χ0v) is 8.30. The van der Waals surface area contributed by atoms with Crippen molar-refractivity contribution in [2.24, 2.45) is 0 Å². The molecular weight excluding hydrogens is 409 g/mol. The molecule has 0 saturated heterocycles. The van der Waals surface area contributed by atoms with Gasteiger partial charge in [-0.2, -0.15) is 8.62 Å². The zero-order valence-electron chi connectivity index (χ0n) is 5.62. The van der Waals surface area contributed by atoms with Gasteiger partial charge < -0.3 is 24.5 Å². The van der Waals surface area contributed by atoms with Crippen molar-refractivity contribution in [3.05, 3.63) is 0 Å². The Bertz CT molecular complexity index is 286. The van der Waals surface area contributed by atoms with Crippen LogP contribution in [-0.4, -0.2) is 230 Å². The van der Waals surface area contributed by atoms with Gasteiger partial charge in [-0.3, -0.25) is 0 Å². The molecule has 0 amide bonds. The number of rotatable bonds is 4. The molecule has 88 valence electrons. The van der Waals surface area contributed by atoms with Gasteiger partial charge in [-0.15, -0.1) is 0 Å². The Morgan fingerprint density at radius 1 is 0.588 bits per heavy atom. The van der Waals surface area contributed by atoms with Crippen LogP contribution in [0.2, 0.25) is 0 Å². The Morgan fingerprint density at radius 2 is 0.765 bits per heavy atom. The van der Waals surface area contributed by atoms with Gasteiger partial charge in [0.2, 0.25) is 0 Å². The predicted octanol–water partition coefficient (Wildman–Crippen LogP) is -3.29. The summed E-state index contributed by atoms with van der Waals surface area (Å²) in [6, 6.07) is 0. The molecule has 0 aliphatic heterocycles. The van der Waals surface area contributed by atoms with Crippen LogP contribution in [0.15, 0.2) is 0 Å². The Balaban J connectivity index is -0.000000120. The van der Waals surface area contributed by atoms with Gasteiger partial charge in [0.1, 0.15) is 0 Å². The van der Waals surface area contributed by atoms with Crippen molar-refractivity contribution in [2.75, 3.05) is 0 Å². The van der Waals surface area contributed by atoms with Crippen LogP contribution in [-0.2, 0) is 22.3 Å². The minimum atomic E-state index is -5.46. The van der Waals surface area contributed by atoms with Gasteiger partial charge in [-0.1, -0.05) is 0 Å². The molecule has 0 aromatic carbocycles. The summed E-state index contributed by atoms with van der Waals surface area (Å²) < 4.78 is 36.4. The van der Waals surface area contributed by atoms with E-state index in [4.69, 9.17) is 24.5 Å². The molecule has 0 aliphatic rings. The third-order valence-electron chi connectivity index (χ3n) is 0.419. The Hall–Kier alpha value is 6.96. The first-order valence-electron chi connectivity index (χ1n) is 2.28. The van der Waals surface area contributed by atoms with E-state index < -0.39 is 23.5 Å². The molecule has 0 bridgehead atoms. The van der Waals surface area contributed by atoms with E-state index in [0.29, 0.717) is 0 Å². The summed E-state index contributed by atoms with van der Waals surface area (Å²) in [5, 5.41) is 0. The molecule has 10 nitrogen and oxygen atoms in total. The van der Waals surface area contributed by atoms with Gasteiger partial charge in [0, 0.05) is 0 Å². The van der Waals surface area contributed by atoms with Crippen molar-refractivity contribution in [2.45, 2.75) is 0 Å². The minimum absolute atomic E-state index is 0. The molecule has 0 aliphatic carbocycles. The first kappa shape index (κ1) is 35.1. The Morgan fingerprint density at radius 3 is 0.882 bits per heavy atom. The van der Waals surface area contributed by atoms with Crippen molar-refractivity contribution in [1.82, 2.24) is 0 Å². The average Bonchev–Trinajstić information content (AvgIpc) is 1.43. The van der Waals surface area contributed by atoms with E-state index in [1.807, 2.05) is 0 Å². The molecule has 0 heterocycles. The van der Waals surface area contributed by atoms with Crippen molar-refractivity contribution >= 4 is 229 Å². The fourth-order valence-corrected chi connectivity index (χ4v) is 2.82. The van der Waals surface area contributed by atoms with Crippen molar-refractivity contribution in [1.29, 1.82) is 0 Å². The third-order valence-corrected chi connectivity index (χ3v) is 3.77. The fraction of sp³-hybridized carbons (Fsp3) is 0. The van der Waals surface area contributed by atoms with Crippen LogP contribution >= 0.6 is 23.5 Å². The van der Waals surface area contributed by atoms with E-state index in [1.165, 1.54) is 0 Å². The molecular formula is H9K4O10P3. The Labute approximate surface area is 267 Å². The average molecular weight is 418 g/mol. The van der Waals surface area contributed by atoms with Gasteiger partial charge in [0.05, 0.1) is 0 Å². The van der Waals surface area contributed by atoms with Crippen LogP contribution in [0.1, 0.15) is 0 Å². The molecule has 0 radical (unpaired) electrons. The van der Waals surface area contributed by atoms with Crippen LogP contribution in [0.3, 0.4) is 0 Å². The number of hydrogen-bond acceptors (Lipinski definition) is 5. The maximum atomic E-state index is 10.4. The summed E-state index contributed by atoms with van der Waals surface area (Å²) >= 11 is 0. The summed E-state index contributed by atoms with van der Waals surface area (Å²) in [6.45, 7) is 0. The molecule has 0 aromatic heterocycles. The van der Waals surface area contributed by atoms with Crippen LogP contribution in [0.25, 0.3) is 0 Å². The number of phosphoric acid groups is 3. The van der Waals surface area contributed by atoms with E-state index in [2.05, 4.69) is 8.62 Å². The van der Waals surface area contributed by atoms with Crippen LogP contribution < -0.4 is 0 Å². The van der Waals surface area contributed by atoms with Gasteiger partial charge in [-0.25, -0.2) is 13.7 Å². The third kappa shape index (κ3) is 28.1. The van der Waals surface area contributed by atoms with Crippen molar-refractivity contribution in [3.8, 4) is 0 Å². The molecule has 17 heteroatoms. The van der Waals surface area contributed by atoms with Crippen molar-refractivity contribution in [3.63, 3.8) is 0 Å². The second kappa shape index (κ2) is 15.2. The summed E-state index contributed by atoms with van der Waals surface area (Å²) in [7, 11) is -16.2. The van der Waals surface area contributed by atoms with E-state index in [0.717, 1.165) is 0 Å². The Kier molecular flexibility index (Phi) is 31.5. The second-order valence-corrected chi connectivity index (χ2v) is 5.82. The van der Waals surface area contributed by atoms with E-state index in [1.54, 1.807) is 0 Å². The topological polar surface area (TPSA) is 171 Å². The zero-order chi connectivity index (χ0) is 10.9. The quantitative estimate of drug-likeness (QED) is 0.230. The summed E-state index contributed by atoms with van der Waals surface area (Å²) in [5.41, 5.74) is 0. The molecule has 0 unspecified atom stereocenters. The molecule has 17 heavy (non-hydrogen) atoms. The van der Waals surface area contributed by atoms with Crippen LogP contribution in [0.4, 0.5) is 0 Å². The standard InChI is InChI=1S/4K.H5O10P3.4H/c;;;;1-11(2,3)9-13(7,8)10-12(4,5)6;;;;/h;;;;(H,7,8)(H2,1,2,3)(H2,4,5,6);;;;. The van der Waals surface area contributed by atoms with Crippen molar-refractivity contribution < 1.29 is 46.8 Å². The molecule has 0 atom stereocenters. The SMILES string of the molecule is O=P(O)(O)OP(=O)(O)OP(=O)(O)O.[KH].[KH].[KH].[KH]. The van der Waals surface area contributed by atoms with Gasteiger partial charge in [0.25, 0.3) is 0 Å². The predicted molar refractivity (Wildman–Crippen MR) is 64.7 cm³/mol. The van der Waals surface area contributed by atoms with Gasteiger partial charge >= 0.3 is 229 Å². The first-order valence-corrected chi connectivity index (χ1v) is 6.83. The van der Waals surface area contributed by atoms with E-state index in [-0.39, 0.29) is 206 Å². The first-order chi connectivity index (χ1) is 5.41. The molecule has 0 spiro atoms. The monoisotopic (exact) mass is 418 g/mol. The number of hydrogen-bond donors (Lipinski definition) is 5. The van der Waals surface area contributed by atoms with E-state index in [9.17, 15) is 13.7 Å². The second-order valence-electron chi connectivity index (χ2n) is 1.61. The molecule has 0 saturated carbocycles. The van der Waals surface area contributed by atoms with Crippen LogP contribution in [0, 0.1) is 0 Å². The summed E-state index contributed by atoms with van der Waals surface area (Å²) in [4.78, 5) is 40.2. The summed E-state index contributed by atoms with van der Waals surface area (Å²) in [6.07, 6.45) is 0. The normalized spacial score (nSPS) is 11.1. The summed E-state index contributed by atoms with van der Waals surface area (Å²) in [5.74, 6) is 0. The van der Waals surface area contributed by atoms with E-state index >= 15 is 0 Å². The molecule has 0 rings (SSSR count). The maximum absolute atomic E-state index is 10.4.